The van der Waals surface area contributed by atoms with Crippen molar-refractivity contribution in [2.24, 2.45) is 0 Å². The van der Waals surface area contributed by atoms with Gasteiger partial charge in [0.25, 0.3) is 11.8 Å². The van der Waals surface area contributed by atoms with Crippen LogP contribution < -0.4 is 5.32 Å². The number of aryl methyl sites for hydroxylation is 2. The Kier molecular flexibility index (Phi) is 5.04. The number of nitrogens with one attached hydrogen (secondary N) is 1. The molecule has 5 heteroatoms. The number of hydrogen-bond acceptors (Lipinski definition) is 3. The normalized spacial score (nSPS) is 16.2. The minimum absolute atomic E-state index is 0.000307. The molecule has 0 radical (unpaired) electrons. The van der Waals surface area contributed by atoms with Crippen LogP contribution in [0.1, 0.15) is 68.6 Å². The standard InChI is InChI=1S/C22H26N2O2S/c1-3-19-14(2)12-20(27-19)22(26)24(18-10-11-18)13-15-4-6-16(7-5-15)21(25)23-17-8-9-17/h4-7,12,17-18H,3,8-11,13H2,1-2H3,(H,23,25). The smallest absolute Gasteiger partial charge is 0.264 e. The van der Waals surface area contributed by atoms with Crippen LogP contribution in [0.5, 0.6) is 0 Å². The van der Waals surface area contributed by atoms with E-state index in [1.54, 1.807) is 11.3 Å². The number of rotatable bonds is 7. The first-order chi connectivity index (χ1) is 13.0. The maximum absolute atomic E-state index is 13.1. The fourth-order valence-corrected chi connectivity index (χ4v) is 4.40. The van der Waals surface area contributed by atoms with E-state index in [1.807, 2.05) is 35.2 Å². The van der Waals surface area contributed by atoms with E-state index < -0.39 is 0 Å². The molecule has 142 valence electrons. The summed E-state index contributed by atoms with van der Waals surface area (Å²) in [7, 11) is 0. The van der Waals surface area contributed by atoms with Crippen LogP contribution in [-0.4, -0.2) is 28.8 Å². The maximum atomic E-state index is 13.1. The third-order valence-electron chi connectivity index (χ3n) is 5.28. The highest BCUT2D eigenvalue weighted by Gasteiger charge is 2.34. The van der Waals surface area contributed by atoms with Gasteiger partial charge in [0.05, 0.1) is 4.88 Å². The molecule has 0 aliphatic heterocycles. The third kappa shape index (κ3) is 4.24. The zero-order valence-corrected chi connectivity index (χ0v) is 16.8. The van der Waals surface area contributed by atoms with E-state index >= 15 is 0 Å². The Bertz CT molecular complexity index is 848. The number of carbonyl (C=O) groups excluding carboxylic acids is 2. The Morgan fingerprint density at radius 2 is 1.85 bits per heavy atom. The molecule has 4 rings (SSSR count). The summed E-state index contributed by atoms with van der Waals surface area (Å²) in [6, 6.07) is 10.4. The lowest BCUT2D eigenvalue weighted by Crippen LogP contribution is -2.32. The molecule has 0 unspecified atom stereocenters. The van der Waals surface area contributed by atoms with Crippen molar-refractivity contribution in [3.05, 3.63) is 56.8 Å². The minimum atomic E-state index is 0.000307. The second-order valence-corrected chi connectivity index (χ2v) is 8.82. The van der Waals surface area contributed by atoms with Crippen molar-refractivity contribution in [1.29, 1.82) is 0 Å². The van der Waals surface area contributed by atoms with Crippen LogP contribution in [0.2, 0.25) is 0 Å². The Morgan fingerprint density at radius 1 is 1.15 bits per heavy atom. The van der Waals surface area contributed by atoms with Crippen LogP contribution in [0.3, 0.4) is 0 Å². The van der Waals surface area contributed by atoms with Gasteiger partial charge in [-0.15, -0.1) is 11.3 Å². The molecule has 0 spiro atoms. The van der Waals surface area contributed by atoms with Crippen LogP contribution in [-0.2, 0) is 13.0 Å². The summed E-state index contributed by atoms with van der Waals surface area (Å²) in [5.41, 5.74) is 2.98. The number of amides is 2. The first-order valence-electron chi connectivity index (χ1n) is 9.85. The summed E-state index contributed by atoms with van der Waals surface area (Å²) in [4.78, 5) is 29.4. The highest BCUT2D eigenvalue weighted by atomic mass is 32.1. The Labute approximate surface area is 164 Å². The van der Waals surface area contributed by atoms with Gasteiger partial charge in [-0.2, -0.15) is 0 Å². The zero-order chi connectivity index (χ0) is 19.0. The molecule has 1 aromatic heterocycles. The van der Waals surface area contributed by atoms with Crippen molar-refractivity contribution in [3.63, 3.8) is 0 Å². The molecular formula is C22H26N2O2S. The van der Waals surface area contributed by atoms with Gasteiger partial charge < -0.3 is 10.2 Å². The monoisotopic (exact) mass is 382 g/mol. The number of nitrogens with zero attached hydrogens (tertiary/aromatic N) is 1. The first kappa shape index (κ1) is 18.2. The van der Waals surface area contributed by atoms with Gasteiger partial charge in [0.2, 0.25) is 0 Å². The molecule has 2 aromatic rings. The fraction of sp³-hybridized carbons (Fsp3) is 0.455. The SMILES string of the molecule is CCc1sc(C(=O)N(Cc2ccc(C(=O)NC3CC3)cc2)C2CC2)cc1C. The van der Waals surface area contributed by atoms with Gasteiger partial charge in [-0.3, -0.25) is 9.59 Å². The first-order valence-corrected chi connectivity index (χ1v) is 10.7. The molecule has 2 saturated carbocycles. The highest BCUT2D eigenvalue weighted by molar-refractivity contribution is 7.14. The second-order valence-electron chi connectivity index (χ2n) is 7.68. The average molecular weight is 383 g/mol. The molecule has 1 aromatic carbocycles. The number of hydrogen-bond donors (Lipinski definition) is 1. The average Bonchev–Trinajstić information content (AvgIpc) is 3.59. The van der Waals surface area contributed by atoms with Crippen LogP contribution in [0.25, 0.3) is 0 Å². The Morgan fingerprint density at radius 3 is 2.41 bits per heavy atom. The predicted molar refractivity (Wildman–Crippen MR) is 108 cm³/mol. The minimum Gasteiger partial charge on any atom is -0.349 e. The summed E-state index contributed by atoms with van der Waals surface area (Å²) >= 11 is 1.63. The lowest BCUT2D eigenvalue weighted by atomic mass is 10.1. The summed E-state index contributed by atoms with van der Waals surface area (Å²) in [6.45, 7) is 4.82. The van der Waals surface area contributed by atoms with Gasteiger partial charge in [-0.1, -0.05) is 19.1 Å². The molecule has 2 amide bonds. The van der Waals surface area contributed by atoms with Crippen molar-refractivity contribution in [2.45, 2.75) is 64.6 Å². The summed E-state index contributed by atoms with van der Waals surface area (Å²) in [5.74, 6) is 0.140. The number of benzene rings is 1. The van der Waals surface area contributed by atoms with E-state index in [-0.39, 0.29) is 11.8 Å². The molecule has 0 saturated heterocycles. The van der Waals surface area contributed by atoms with Gasteiger partial charge >= 0.3 is 0 Å². The molecular weight excluding hydrogens is 356 g/mol. The summed E-state index contributed by atoms with van der Waals surface area (Å²) < 4.78 is 0. The number of thiophene rings is 1. The molecule has 1 N–H and O–H groups in total. The second kappa shape index (κ2) is 7.47. The molecule has 2 aliphatic carbocycles. The van der Waals surface area contributed by atoms with E-state index in [2.05, 4.69) is 19.2 Å². The van der Waals surface area contributed by atoms with Crippen LogP contribution in [0, 0.1) is 6.92 Å². The quantitative estimate of drug-likeness (QED) is 0.775. The molecule has 2 aliphatic rings. The van der Waals surface area contributed by atoms with Gasteiger partial charge in [0, 0.05) is 29.1 Å². The zero-order valence-electron chi connectivity index (χ0n) is 16.0. The van der Waals surface area contributed by atoms with Crippen LogP contribution in [0.15, 0.2) is 30.3 Å². The van der Waals surface area contributed by atoms with Gasteiger partial charge in [-0.25, -0.2) is 0 Å². The lowest BCUT2D eigenvalue weighted by molar-refractivity contribution is 0.0734. The van der Waals surface area contributed by atoms with Crippen molar-refractivity contribution >= 4 is 23.2 Å². The van der Waals surface area contributed by atoms with Crippen molar-refractivity contribution in [1.82, 2.24) is 10.2 Å². The molecule has 0 bridgehead atoms. The molecule has 27 heavy (non-hydrogen) atoms. The molecule has 1 heterocycles. The van der Waals surface area contributed by atoms with E-state index in [4.69, 9.17) is 0 Å². The van der Waals surface area contributed by atoms with Crippen molar-refractivity contribution in [2.75, 3.05) is 0 Å². The van der Waals surface area contributed by atoms with Crippen molar-refractivity contribution in [3.8, 4) is 0 Å². The Balaban J connectivity index is 1.46. The lowest BCUT2D eigenvalue weighted by Gasteiger charge is -2.22. The molecule has 0 atom stereocenters. The van der Waals surface area contributed by atoms with E-state index in [9.17, 15) is 9.59 Å². The fourth-order valence-electron chi connectivity index (χ4n) is 3.33. The molecule has 4 nitrogen and oxygen atoms in total. The van der Waals surface area contributed by atoms with E-state index in [0.29, 0.717) is 24.2 Å². The Hall–Kier alpha value is -2.14. The van der Waals surface area contributed by atoms with E-state index in [1.165, 1.54) is 10.4 Å². The number of carbonyl (C=O) groups is 2. The van der Waals surface area contributed by atoms with Crippen LogP contribution in [0.4, 0.5) is 0 Å². The third-order valence-corrected chi connectivity index (χ3v) is 6.65. The summed E-state index contributed by atoms with van der Waals surface area (Å²) in [5, 5.41) is 3.01. The topological polar surface area (TPSA) is 49.4 Å². The van der Waals surface area contributed by atoms with E-state index in [0.717, 1.165) is 42.5 Å². The predicted octanol–water partition coefficient (Wildman–Crippen LogP) is 4.32. The van der Waals surface area contributed by atoms with Crippen LogP contribution >= 0.6 is 11.3 Å². The largest absolute Gasteiger partial charge is 0.349 e. The highest BCUT2D eigenvalue weighted by Crippen LogP contribution is 2.32. The molecule has 2 fully saturated rings. The van der Waals surface area contributed by atoms with Gasteiger partial charge in [0.1, 0.15) is 0 Å². The maximum Gasteiger partial charge on any atom is 0.264 e. The van der Waals surface area contributed by atoms with Gasteiger partial charge in [-0.05, 0) is 68.4 Å². The summed E-state index contributed by atoms with van der Waals surface area (Å²) in [6.07, 6.45) is 5.31. The van der Waals surface area contributed by atoms with Gasteiger partial charge in [0.15, 0.2) is 0 Å². The van der Waals surface area contributed by atoms with Crippen molar-refractivity contribution < 1.29 is 9.59 Å².